The summed E-state index contributed by atoms with van der Waals surface area (Å²) in [4.78, 5) is 55.0. The molecule has 3 aromatic heterocycles. The average Bonchev–Trinajstić information content (AvgIpc) is 3.96. The van der Waals surface area contributed by atoms with E-state index in [0.29, 0.717) is 30.4 Å². The van der Waals surface area contributed by atoms with E-state index in [2.05, 4.69) is 107 Å². The van der Waals surface area contributed by atoms with Crippen molar-refractivity contribution < 1.29 is 18.9 Å². The fourth-order valence-corrected chi connectivity index (χ4v) is 9.34. The summed E-state index contributed by atoms with van der Waals surface area (Å²) in [6.07, 6.45) is 9.69. The van der Waals surface area contributed by atoms with E-state index < -0.39 is 0 Å². The first-order valence-electron chi connectivity index (χ1n) is 22.3. The van der Waals surface area contributed by atoms with E-state index in [1.165, 1.54) is 29.8 Å². The van der Waals surface area contributed by atoms with Crippen LogP contribution in [0.5, 0.6) is 0 Å². The molecule has 4 aliphatic rings. The summed E-state index contributed by atoms with van der Waals surface area (Å²) >= 11 is 0. The topological polar surface area (TPSA) is 169 Å². The molecule has 0 radical (unpaired) electrons. The van der Waals surface area contributed by atoms with Crippen LogP contribution < -0.4 is 25.3 Å². The molecule has 0 saturated carbocycles. The number of H-pyrrole nitrogens is 1. The number of fused-ring (bicyclic) bond motifs is 1. The van der Waals surface area contributed by atoms with E-state index in [0.717, 1.165) is 85.7 Å². The summed E-state index contributed by atoms with van der Waals surface area (Å²) in [6.45, 7) is 17.8. The van der Waals surface area contributed by atoms with Gasteiger partial charge < -0.3 is 19.6 Å². The third kappa shape index (κ3) is 9.10. The number of urea groups is 1. The Morgan fingerprint density at radius 2 is 1.59 bits per heavy atom. The zero-order chi connectivity index (χ0) is 43.8. The van der Waals surface area contributed by atoms with Crippen LogP contribution >= 0.6 is 0 Å². The molecule has 9 rings (SSSR count). The molecular weight excluding hydrogens is 795 g/mol. The van der Waals surface area contributed by atoms with E-state index in [1.807, 2.05) is 46.0 Å². The van der Waals surface area contributed by atoms with E-state index in [1.54, 1.807) is 4.90 Å². The number of pyridine rings is 1. The molecule has 328 valence electrons. The number of carbonyl (C=O) groups excluding carboxylic acids is 3. The van der Waals surface area contributed by atoms with Crippen molar-refractivity contribution in [3.05, 3.63) is 95.9 Å². The summed E-state index contributed by atoms with van der Waals surface area (Å²) in [7, 11) is 0. The van der Waals surface area contributed by atoms with Crippen molar-refractivity contribution in [1.29, 1.82) is 0 Å². The summed E-state index contributed by atoms with van der Waals surface area (Å²) in [5.41, 5.74) is 8.90. The van der Waals surface area contributed by atoms with Crippen molar-refractivity contribution in [2.75, 3.05) is 67.1 Å². The van der Waals surface area contributed by atoms with Gasteiger partial charge >= 0.3 is 6.03 Å². The number of amides is 4. The molecule has 0 spiro atoms. The van der Waals surface area contributed by atoms with Crippen LogP contribution in [0.2, 0.25) is 0 Å². The Hall–Kier alpha value is -6.35. The van der Waals surface area contributed by atoms with Crippen LogP contribution in [0.3, 0.4) is 0 Å². The van der Waals surface area contributed by atoms with Gasteiger partial charge in [-0.15, -0.1) is 0 Å². The number of piperidine rings is 1. The number of aromatic amines is 1. The second kappa shape index (κ2) is 17.4. The molecule has 15 heteroatoms. The molecule has 5 aromatic rings. The number of hydrogen-bond donors (Lipinski definition) is 3. The number of carbonyl (C=O) groups is 3. The zero-order valence-corrected chi connectivity index (χ0v) is 36.9. The molecule has 1 aliphatic carbocycles. The molecule has 3 fully saturated rings. The Labute approximate surface area is 368 Å². The van der Waals surface area contributed by atoms with Gasteiger partial charge in [-0.25, -0.2) is 9.78 Å². The fourth-order valence-electron chi connectivity index (χ4n) is 9.34. The molecule has 3 saturated heterocycles. The lowest BCUT2D eigenvalue weighted by Crippen LogP contribution is -2.49. The maximum absolute atomic E-state index is 13.0. The van der Waals surface area contributed by atoms with Gasteiger partial charge in [-0.2, -0.15) is 10.1 Å². The van der Waals surface area contributed by atoms with Crippen LogP contribution in [0.15, 0.2) is 83.0 Å². The van der Waals surface area contributed by atoms with Crippen molar-refractivity contribution in [3.8, 4) is 11.1 Å². The van der Waals surface area contributed by atoms with Gasteiger partial charge in [0.1, 0.15) is 0 Å². The number of hydrogen-bond acceptors (Lipinski definition) is 11. The predicted octanol–water partition coefficient (Wildman–Crippen LogP) is 6.96. The smallest absolute Gasteiger partial charge is 0.328 e. The van der Waals surface area contributed by atoms with Crippen LogP contribution in [0, 0.1) is 11.8 Å². The minimum Gasteiger partial charge on any atom is -0.372 e. The molecule has 3 N–H and O–H groups in total. The number of benzene rings is 2. The van der Waals surface area contributed by atoms with Crippen LogP contribution in [0.25, 0.3) is 27.7 Å². The van der Waals surface area contributed by atoms with E-state index in [-0.39, 0.29) is 41.0 Å². The van der Waals surface area contributed by atoms with Gasteiger partial charge in [-0.05, 0) is 92.6 Å². The molecule has 15 nitrogen and oxygen atoms in total. The Morgan fingerprint density at radius 1 is 0.905 bits per heavy atom. The molecule has 3 aliphatic heterocycles. The monoisotopic (exact) mass is 851 g/mol. The van der Waals surface area contributed by atoms with Crippen molar-refractivity contribution in [1.82, 2.24) is 40.9 Å². The summed E-state index contributed by atoms with van der Waals surface area (Å²) < 4.78 is 5.33. The Balaban J connectivity index is 0.754. The standard InChI is InChI=1S/C48H57N11O4/c1-30-26-34(8-15-39(30)31(2)50-45(61)44-52-46(63-55-44)48(3,4)5)42-40-27-35(28-49-43(40)54-53-42)33-6-9-36(10-7-33)58-24-22-56(23-25-58)29-32-16-19-57(20-17-32)37-11-13-38(14-12-37)59-21-18-41(60)51-47(59)62/h6-14,26-28,31-32,39H,15-25,29H2,1-5H3,(H,50,61)(H,49,53,54)(H,51,60,62)/t31-,39?/m1/s1. The minimum absolute atomic E-state index is 0.0518. The highest BCUT2D eigenvalue weighted by molar-refractivity contribution is 6.05. The van der Waals surface area contributed by atoms with Gasteiger partial charge in [0.05, 0.1) is 5.69 Å². The number of rotatable bonds is 10. The first-order chi connectivity index (χ1) is 30.4. The highest BCUT2D eigenvalue weighted by Gasteiger charge is 2.30. The molecule has 0 bridgehead atoms. The first kappa shape index (κ1) is 42.0. The summed E-state index contributed by atoms with van der Waals surface area (Å²) in [6, 6.07) is 18.7. The first-order valence-corrected chi connectivity index (χ1v) is 22.3. The lowest BCUT2D eigenvalue weighted by molar-refractivity contribution is -0.120. The number of nitrogens with zero attached hydrogens (tertiary/aromatic N) is 8. The normalized spacial score (nSPS) is 19.8. The van der Waals surface area contributed by atoms with Crippen LogP contribution in [-0.4, -0.2) is 106 Å². The SMILES string of the molecule is CC1=CC(c2[nH]nc3ncc(-c4ccc(N5CCN(CC6CCN(c7ccc(N8CCC(=O)NC8=O)cc7)CC6)CC5)cc4)cc23)=CCC1[C@@H](C)NC(=O)c1noc(C(C)(C)C)n1. The molecule has 63 heavy (non-hydrogen) atoms. The molecule has 6 heterocycles. The van der Waals surface area contributed by atoms with Crippen molar-refractivity contribution in [3.63, 3.8) is 0 Å². The molecule has 2 aromatic carbocycles. The minimum atomic E-state index is -0.348. The Bertz CT molecular complexity index is 2540. The van der Waals surface area contributed by atoms with Gasteiger partial charge in [-0.3, -0.25) is 29.8 Å². The summed E-state index contributed by atoms with van der Waals surface area (Å²) in [5.74, 6) is 0.731. The van der Waals surface area contributed by atoms with Gasteiger partial charge in [-0.1, -0.05) is 55.8 Å². The molecule has 2 atom stereocenters. The van der Waals surface area contributed by atoms with Crippen LogP contribution in [0.1, 0.15) is 82.5 Å². The number of nitrogens with one attached hydrogen (secondary N) is 3. The second-order valence-electron chi connectivity index (χ2n) is 18.6. The predicted molar refractivity (Wildman–Crippen MR) is 245 cm³/mol. The van der Waals surface area contributed by atoms with Crippen molar-refractivity contribution >= 4 is 51.5 Å². The number of anilines is 3. The van der Waals surface area contributed by atoms with Gasteiger partial charge in [0.2, 0.25) is 11.8 Å². The lowest BCUT2D eigenvalue weighted by Gasteiger charge is -2.40. The van der Waals surface area contributed by atoms with Gasteiger partial charge in [0.25, 0.3) is 11.7 Å². The summed E-state index contributed by atoms with van der Waals surface area (Å²) in [5, 5.41) is 18.1. The number of imide groups is 1. The third-order valence-electron chi connectivity index (χ3n) is 13.1. The Morgan fingerprint density at radius 3 is 2.25 bits per heavy atom. The van der Waals surface area contributed by atoms with E-state index >= 15 is 0 Å². The average molecular weight is 852 g/mol. The van der Waals surface area contributed by atoms with Crippen LogP contribution in [0.4, 0.5) is 21.9 Å². The quantitative estimate of drug-likeness (QED) is 0.133. The molecule has 4 amide bonds. The second-order valence-corrected chi connectivity index (χ2v) is 18.6. The van der Waals surface area contributed by atoms with Crippen molar-refractivity contribution in [2.24, 2.45) is 11.8 Å². The van der Waals surface area contributed by atoms with Gasteiger partial charge in [0, 0.05) is 110 Å². The maximum Gasteiger partial charge on any atom is 0.328 e. The van der Waals surface area contributed by atoms with Crippen molar-refractivity contribution in [2.45, 2.75) is 71.8 Å². The largest absolute Gasteiger partial charge is 0.372 e. The lowest BCUT2D eigenvalue weighted by atomic mass is 9.83. The number of allylic oxidation sites excluding steroid dienone is 3. The van der Waals surface area contributed by atoms with Crippen LogP contribution in [-0.2, 0) is 10.2 Å². The third-order valence-corrected chi connectivity index (χ3v) is 13.1. The fraction of sp³-hybridized carbons (Fsp3) is 0.438. The van der Waals surface area contributed by atoms with E-state index in [4.69, 9.17) is 9.51 Å². The highest BCUT2D eigenvalue weighted by Crippen LogP contribution is 2.35. The zero-order valence-electron chi connectivity index (χ0n) is 36.9. The molecular formula is C48H57N11O4. The Kier molecular flexibility index (Phi) is 11.6. The molecule has 1 unspecified atom stereocenters. The van der Waals surface area contributed by atoms with E-state index in [9.17, 15) is 14.4 Å². The maximum atomic E-state index is 13.0. The van der Waals surface area contributed by atoms with Gasteiger partial charge in [0.15, 0.2) is 5.65 Å². The highest BCUT2D eigenvalue weighted by atomic mass is 16.5. The number of aromatic nitrogens is 5. The number of piperazine rings is 1.